The molecule has 0 spiro atoms. The Bertz CT molecular complexity index is 440. The Morgan fingerprint density at radius 2 is 1.70 bits per heavy atom. The van der Waals surface area contributed by atoms with Gasteiger partial charge >= 0.3 is 5.97 Å². The largest absolute Gasteiger partial charge is 0.468 e. The van der Waals surface area contributed by atoms with Gasteiger partial charge in [-0.1, -0.05) is 31.2 Å². The highest BCUT2D eigenvalue weighted by Gasteiger charge is 2.15. The van der Waals surface area contributed by atoms with E-state index in [-0.39, 0.29) is 18.4 Å². The zero-order chi connectivity index (χ0) is 15.0. The van der Waals surface area contributed by atoms with Crippen LogP contribution in [0.2, 0.25) is 0 Å². The fourth-order valence-electron chi connectivity index (χ4n) is 1.95. The Kier molecular flexibility index (Phi) is 6.77. The lowest BCUT2D eigenvalue weighted by molar-refractivity contribution is -0.146. The van der Waals surface area contributed by atoms with Crippen LogP contribution in [0.4, 0.5) is 0 Å². The lowest BCUT2D eigenvalue weighted by atomic mass is 10.1. The SMILES string of the molecule is CCc1ccc(CCC(=O)N(CC)CC(=O)OC)cc1. The highest BCUT2D eigenvalue weighted by Crippen LogP contribution is 2.08. The number of ether oxygens (including phenoxy) is 1. The van der Waals surface area contributed by atoms with Gasteiger partial charge in [0.25, 0.3) is 0 Å². The van der Waals surface area contributed by atoms with Gasteiger partial charge in [-0.25, -0.2) is 0 Å². The minimum atomic E-state index is -0.382. The molecule has 0 aliphatic rings. The second kappa shape index (κ2) is 8.35. The molecule has 0 saturated heterocycles. The minimum absolute atomic E-state index is 0.0162. The van der Waals surface area contributed by atoms with E-state index in [1.807, 2.05) is 6.92 Å². The van der Waals surface area contributed by atoms with Crippen LogP contribution in [0.15, 0.2) is 24.3 Å². The molecule has 0 N–H and O–H groups in total. The Labute approximate surface area is 120 Å². The molecule has 0 atom stereocenters. The molecular formula is C16H23NO3. The second-order valence-electron chi connectivity index (χ2n) is 4.65. The molecule has 1 rings (SSSR count). The molecule has 0 aliphatic carbocycles. The third-order valence-corrected chi connectivity index (χ3v) is 3.34. The van der Waals surface area contributed by atoms with E-state index >= 15 is 0 Å². The molecule has 0 unspecified atom stereocenters. The topological polar surface area (TPSA) is 46.6 Å². The van der Waals surface area contributed by atoms with Crippen molar-refractivity contribution in [2.45, 2.75) is 33.1 Å². The average Bonchev–Trinajstić information content (AvgIpc) is 2.50. The van der Waals surface area contributed by atoms with E-state index in [4.69, 9.17) is 0 Å². The molecule has 0 aromatic heterocycles. The normalized spacial score (nSPS) is 10.2. The van der Waals surface area contributed by atoms with Crippen LogP contribution in [0, 0.1) is 0 Å². The fourth-order valence-corrected chi connectivity index (χ4v) is 1.95. The number of carbonyl (C=O) groups excluding carboxylic acids is 2. The van der Waals surface area contributed by atoms with E-state index in [2.05, 4.69) is 35.9 Å². The molecule has 4 nitrogen and oxygen atoms in total. The van der Waals surface area contributed by atoms with Crippen molar-refractivity contribution in [1.82, 2.24) is 4.90 Å². The van der Waals surface area contributed by atoms with Gasteiger partial charge in [0.2, 0.25) is 5.91 Å². The number of hydrogen-bond donors (Lipinski definition) is 0. The van der Waals surface area contributed by atoms with Gasteiger partial charge in [-0.15, -0.1) is 0 Å². The summed E-state index contributed by atoms with van der Waals surface area (Å²) >= 11 is 0. The van der Waals surface area contributed by atoms with Crippen LogP contribution < -0.4 is 0 Å². The van der Waals surface area contributed by atoms with Crippen molar-refractivity contribution in [1.29, 1.82) is 0 Å². The van der Waals surface area contributed by atoms with Crippen molar-refractivity contribution in [2.24, 2.45) is 0 Å². The van der Waals surface area contributed by atoms with Crippen LogP contribution in [0.3, 0.4) is 0 Å². The molecule has 0 aliphatic heterocycles. The summed E-state index contributed by atoms with van der Waals surface area (Å²) in [7, 11) is 1.33. The third-order valence-electron chi connectivity index (χ3n) is 3.34. The van der Waals surface area contributed by atoms with Crippen molar-refractivity contribution >= 4 is 11.9 Å². The van der Waals surface area contributed by atoms with E-state index in [0.29, 0.717) is 19.4 Å². The van der Waals surface area contributed by atoms with Crippen LogP contribution in [0.5, 0.6) is 0 Å². The molecule has 0 bridgehead atoms. The summed E-state index contributed by atoms with van der Waals surface area (Å²) in [6, 6.07) is 8.29. The van der Waals surface area contributed by atoms with Crippen molar-refractivity contribution in [3.63, 3.8) is 0 Å². The smallest absolute Gasteiger partial charge is 0.325 e. The first-order chi connectivity index (χ1) is 9.60. The molecule has 1 aromatic carbocycles. The van der Waals surface area contributed by atoms with Gasteiger partial charge in [-0.2, -0.15) is 0 Å². The number of hydrogen-bond acceptors (Lipinski definition) is 3. The van der Waals surface area contributed by atoms with E-state index in [1.165, 1.54) is 17.6 Å². The van der Waals surface area contributed by atoms with Crippen LogP contribution in [-0.4, -0.2) is 37.0 Å². The first kappa shape index (κ1) is 16.2. The molecule has 1 aromatic rings. The Morgan fingerprint density at radius 3 is 2.20 bits per heavy atom. The van der Waals surface area contributed by atoms with Gasteiger partial charge in [0.05, 0.1) is 7.11 Å². The number of esters is 1. The summed E-state index contributed by atoms with van der Waals surface area (Å²) < 4.78 is 4.59. The van der Waals surface area contributed by atoms with Gasteiger partial charge in [0.1, 0.15) is 6.54 Å². The summed E-state index contributed by atoms with van der Waals surface area (Å²) in [5.74, 6) is -0.398. The number of likely N-dealkylation sites (N-methyl/N-ethyl adjacent to an activating group) is 1. The van der Waals surface area contributed by atoms with Crippen molar-refractivity contribution in [3.8, 4) is 0 Å². The summed E-state index contributed by atoms with van der Waals surface area (Å²) in [6.07, 6.45) is 2.12. The molecule has 0 fully saturated rings. The van der Waals surface area contributed by atoms with Crippen LogP contribution in [-0.2, 0) is 27.2 Å². The van der Waals surface area contributed by atoms with Crippen molar-refractivity contribution in [3.05, 3.63) is 35.4 Å². The predicted molar refractivity (Wildman–Crippen MR) is 78.4 cm³/mol. The van der Waals surface area contributed by atoms with Crippen molar-refractivity contribution in [2.75, 3.05) is 20.2 Å². The Hall–Kier alpha value is -1.84. The number of carbonyl (C=O) groups is 2. The lowest BCUT2D eigenvalue weighted by Crippen LogP contribution is -2.36. The number of nitrogens with zero attached hydrogens (tertiary/aromatic N) is 1. The first-order valence-corrected chi connectivity index (χ1v) is 7.03. The summed E-state index contributed by atoms with van der Waals surface area (Å²) in [5.41, 5.74) is 2.44. The highest BCUT2D eigenvalue weighted by atomic mass is 16.5. The van der Waals surface area contributed by atoms with Gasteiger partial charge in [-0.05, 0) is 30.9 Å². The summed E-state index contributed by atoms with van der Waals surface area (Å²) in [6.45, 7) is 4.52. The Morgan fingerprint density at radius 1 is 1.10 bits per heavy atom. The summed E-state index contributed by atoms with van der Waals surface area (Å²) in [5, 5.41) is 0. The second-order valence-corrected chi connectivity index (χ2v) is 4.65. The number of rotatable bonds is 7. The van der Waals surface area contributed by atoms with Crippen LogP contribution in [0.25, 0.3) is 0 Å². The van der Waals surface area contributed by atoms with Crippen LogP contribution in [0.1, 0.15) is 31.4 Å². The van der Waals surface area contributed by atoms with Crippen LogP contribution >= 0.6 is 0 Å². The van der Waals surface area contributed by atoms with Gasteiger partial charge in [0, 0.05) is 13.0 Å². The lowest BCUT2D eigenvalue weighted by Gasteiger charge is -2.19. The molecule has 0 radical (unpaired) electrons. The van der Waals surface area contributed by atoms with Gasteiger partial charge in [0.15, 0.2) is 0 Å². The highest BCUT2D eigenvalue weighted by molar-refractivity contribution is 5.82. The number of benzene rings is 1. The van der Waals surface area contributed by atoms with Crippen molar-refractivity contribution < 1.29 is 14.3 Å². The zero-order valence-electron chi connectivity index (χ0n) is 12.5. The Balaban J connectivity index is 2.49. The predicted octanol–water partition coefficient (Wildman–Crippen LogP) is 2.20. The number of aryl methyl sites for hydroxylation is 2. The quantitative estimate of drug-likeness (QED) is 0.718. The van der Waals surface area contributed by atoms with E-state index in [1.54, 1.807) is 0 Å². The third kappa shape index (κ3) is 5.03. The fraction of sp³-hybridized carbons (Fsp3) is 0.500. The van der Waals surface area contributed by atoms with Gasteiger partial charge in [-0.3, -0.25) is 9.59 Å². The van der Waals surface area contributed by atoms with E-state index < -0.39 is 0 Å². The van der Waals surface area contributed by atoms with Gasteiger partial charge < -0.3 is 9.64 Å². The molecule has 4 heteroatoms. The monoisotopic (exact) mass is 277 g/mol. The molecule has 0 saturated carbocycles. The van der Waals surface area contributed by atoms with E-state index in [0.717, 1.165) is 12.0 Å². The number of methoxy groups -OCH3 is 1. The molecule has 20 heavy (non-hydrogen) atoms. The maximum absolute atomic E-state index is 12.0. The average molecular weight is 277 g/mol. The molecule has 1 amide bonds. The first-order valence-electron chi connectivity index (χ1n) is 7.03. The molecule has 110 valence electrons. The molecular weight excluding hydrogens is 254 g/mol. The zero-order valence-corrected chi connectivity index (χ0v) is 12.5. The standard InChI is InChI=1S/C16H23NO3/c1-4-13-6-8-14(9-7-13)10-11-15(18)17(5-2)12-16(19)20-3/h6-9H,4-5,10-12H2,1-3H3. The minimum Gasteiger partial charge on any atom is -0.468 e. The van der Waals surface area contributed by atoms with E-state index in [9.17, 15) is 9.59 Å². The summed E-state index contributed by atoms with van der Waals surface area (Å²) in [4.78, 5) is 24.8. The maximum Gasteiger partial charge on any atom is 0.325 e. The number of amides is 1. The maximum atomic E-state index is 12.0. The molecule has 0 heterocycles.